The van der Waals surface area contributed by atoms with E-state index in [0.717, 1.165) is 30.1 Å². The second kappa shape index (κ2) is 8.10. The van der Waals surface area contributed by atoms with E-state index in [9.17, 15) is 5.11 Å². The van der Waals surface area contributed by atoms with Gasteiger partial charge in [-0.15, -0.1) is 0 Å². The van der Waals surface area contributed by atoms with E-state index in [-0.39, 0.29) is 5.41 Å². The molecule has 5 saturated carbocycles. The van der Waals surface area contributed by atoms with E-state index in [4.69, 9.17) is 0 Å². The van der Waals surface area contributed by atoms with Crippen molar-refractivity contribution in [3.8, 4) is 0 Å². The minimum absolute atomic E-state index is 0.179. The topological polar surface area (TPSA) is 20.2 Å². The molecule has 0 heterocycles. The molecule has 1 heteroatoms. The third kappa shape index (κ3) is 2.95. The molecule has 0 aromatic heterocycles. The van der Waals surface area contributed by atoms with Crippen LogP contribution in [0.3, 0.4) is 0 Å². The molecule has 1 nitrogen and oxygen atoms in total. The minimum Gasteiger partial charge on any atom is -0.396 e. The molecule has 0 spiro atoms. The zero-order chi connectivity index (χ0) is 24.7. The molecule has 4 unspecified atom stereocenters. The van der Waals surface area contributed by atoms with Crippen LogP contribution in [0.4, 0.5) is 0 Å². The van der Waals surface area contributed by atoms with Crippen LogP contribution in [-0.2, 0) is 0 Å². The second-order valence-corrected chi connectivity index (χ2v) is 15.2. The van der Waals surface area contributed by atoms with E-state index in [1.165, 1.54) is 76.2 Å². The number of hydrogen-bond acceptors (Lipinski definition) is 1. The lowest BCUT2D eigenvalue weighted by Gasteiger charge is -2.73. The number of rotatable bonds is 4. The Morgan fingerprint density at radius 2 is 1.56 bits per heavy atom. The number of aliphatic hydroxyl groups is 1. The zero-order valence-corrected chi connectivity index (χ0v) is 23.8. The Bertz CT molecular complexity index is 815. The summed E-state index contributed by atoms with van der Waals surface area (Å²) in [5.41, 5.74) is 3.53. The predicted octanol–water partition coefficient (Wildman–Crippen LogP) is 9.05. The summed E-state index contributed by atoms with van der Waals surface area (Å²) in [4.78, 5) is 0. The fourth-order valence-electron chi connectivity index (χ4n) is 12.3. The van der Waals surface area contributed by atoms with Crippen molar-refractivity contribution in [1.82, 2.24) is 0 Å². The van der Waals surface area contributed by atoms with Crippen LogP contribution in [-0.4, -0.2) is 11.7 Å². The molecule has 1 N–H and O–H groups in total. The van der Waals surface area contributed by atoms with Crippen LogP contribution in [0.1, 0.15) is 126 Å². The molecule has 0 radical (unpaired) electrons. The molecule has 5 aliphatic rings. The highest BCUT2D eigenvalue weighted by molar-refractivity contribution is 5.22. The highest BCUT2D eigenvalue weighted by Crippen LogP contribution is 2.78. The van der Waals surface area contributed by atoms with Crippen molar-refractivity contribution in [1.29, 1.82) is 0 Å². The first-order chi connectivity index (χ1) is 16.0. The predicted molar refractivity (Wildman–Crippen MR) is 144 cm³/mol. The van der Waals surface area contributed by atoms with E-state index < -0.39 is 0 Å². The number of hydrogen-bond donors (Lipinski definition) is 1. The normalized spacial score (nSPS) is 56.7. The van der Waals surface area contributed by atoms with Gasteiger partial charge in [0.1, 0.15) is 0 Å². The summed E-state index contributed by atoms with van der Waals surface area (Å²) < 4.78 is 0. The van der Waals surface area contributed by atoms with Crippen molar-refractivity contribution in [2.24, 2.45) is 62.6 Å². The average Bonchev–Trinajstić information content (AvgIpc) is 3.22. The Morgan fingerprint density at radius 3 is 2.21 bits per heavy atom. The average molecular weight is 469 g/mol. The van der Waals surface area contributed by atoms with Gasteiger partial charge >= 0.3 is 0 Å². The fraction of sp³-hybridized carbons (Fsp3) is 0.939. The maximum absolute atomic E-state index is 10.8. The summed E-state index contributed by atoms with van der Waals surface area (Å²) >= 11 is 0. The molecule has 5 rings (SSSR count). The van der Waals surface area contributed by atoms with Gasteiger partial charge in [0, 0.05) is 6.61 Å². The van der Waals surface area contributed by atoms with Gasteiger partial charge in [-0.25, -0.2) is 0 Å². The lowest BCUT2D eigenvalue weighted by atomic mass is 9.31. The van der Waals surface area contributed by atoms with Gasteiger partial charge in [0.2, 0.25) is 0 Å². The Hall–Kier alpha value is -0.300. The number of allylic oxidation sites excluding steroid dienone is 1. The van der Waals surface area contributed by atoms with E-state index in [2.05, 4.69) is 55.0 Å². The van der Waals surface area contributed by atoms with Crippen molar-refractivity contribution in [3.63, 3.8) is 0 Å². The Morgan fingerprint density at radius 1 is 0.824 bits per heavy atom. The molecule has 5 fully saturated rings. The number of aliphatic hydroxyl groups excluding tert-OH is 1. The summed E-state index contributed by atoms with van der Waals surface area (Å²) in [6.45, 7) is 23.2. The molecule has 0 aromatic rings. The van der Waals surface area contributed by atoms with E-state index in [1.807, 2.05) is 0 Å². The molecule has 34 heavy (non-hydrogen) atoms. The maximum atomic E-state index is 10.8. The van der Waals surface area contributed by atoms with Crippen molar-refractivity contribution < 1.29 is 5.11 Å². The first-order valence-electron chi connectivity index (χ1n) is 15.3. The largest absolute Gasteiger partial charge is 0.396 e. The summed E-state index contributed by atoms with van der Waals surface area (Å²) in [5.74, 6) is 4.71. The van der Waals surface area contributed by atoms with Gasteiger partial charge in [-0.05, 0) is 133 Å². The minimum atomic E-state index is 0.179. The standard InChI is InChI=1S/C33H56O/c1-9-22(3)24-14-18-33(21-34)20-19-31(7)25(28(24)33)11-12-27-30(6)16-13-23(4)29(5,10-2)26(30)15-17-32(27,31)8/h23-28,34H,3,9-21H2,1-2,4-8H3/t23-,24-,25?,26?,27?,28?,29+,30-,31+,32+,33+/m0/s1. The monoisotopic (exact) mass is 468 g/mol. The molecular weight excluding hydrogens is 412 g/mol. The first-order valence-corrected chi connectivity index (χ1v) is 15.3. The quantitative estimate of drug-likeness (QED) is 0.408. The highest BCUT2D eigenvalue weighted by atomic mass is 16.3. The van der Waals surface area contributed by atoms with Gasteiger partial charge in [-0.3, -0.25) is 0 Å². The molecule has 0 saturated heterocycles. The Kier molecular flexibility index (Phi) is 6.04. The van der Waals surface area contributed by atoms with E-state index in [1.54, 1.807) is 0 Å². The van der Waals surface area contributed by atoms with Crippen molar-refractivity contribution >= 4 is 0 Å². The lowest BCUT2D eigenvalue weighted by molar-refractivity contribution is -0.246. The van der Waals surface area contributed by atoms with Gasteiger partial charge in [0.25, 0.3) is 0 Å². The SMILES string of the molecule is C=C(CC)[C@@H]1CC[C@]2(CO)CC[C@]3(C)C(CCC4[C@@]5(C)CC[C@H](C)[C@@](C)(CC)C5CC[C@]43C)C12. The molecule has 5 aliphatic carbocycles. The van der Waals surface area contributed by atoms with Crippen LogP contribution < -0.4 is 0 Å². The number of fused-ring (bicyclic) bond motifs is 7. The van der Waals surface area contributed by atoms with Gasteiger partial charge in [-0.2, -0.15) is 0 Å². The first kappa shape index (κ1) is 25.4. The van der Waals surface area contributed by atoms with Crippen molar-refractivity contribution in [2.45, 2.75) is 126 Å². The molecule has 0 aromatic carbocycles. The maximum Gasteiger partial charge on any atom is 0.0490 e. The molecule has 0 bridgehead atoms. The third-order valence-corrected chi connectivity index (χ3v) is 15.0. The van der Waals surface area contributed by atoms with Crippen LogP contribution in [0, 0.1) is 62.6 Å². The zero-order valence-electron chi connectivity index (χ0n) is 23.8. The Balaban J connectivity index is 1.54. The van der Waals surface area contributed by atoms with Crippen molar-refractivity contribution in [3.05, 3.63) is 12.2 Å². The summed E-state index contributed by atoms with van der Waals surface area (Å²) in [6.07, 6.45) is 16.2. The summed E-state index contributed by atoms with van der Waals surface area (Å²) in [5, 5.41) is 10.8. The van der Waals surface area contributed by atoms with Gasteiger partial charge < -0.3 is 5.11 Å². The second-order valence-electron chi connectivity index (χ2n) is 15.2. The lowest BCUT2D eigenvalue weighted by Crippen LogP contribution is -2.66. The van der Waals surface area contributed by atoms with Gasteiger partial charge in [0.05, 0.1) is 0 Å². The molecule has 0 amide bonds. The third-order valence-electron chi connectivity index (χ3n) is 15.0. The van der Waals surface area contributed by atoms with Crippen LogP contribution >= 0.6 is 0 Å². The Labute approximate surface area is 211 Å². The van der Waals surface area contributed by atoms with Crippen LogP contribution in [0.5, 0.6) is 0 Å². The summed E-state index contributed by atoms with van der Waals surface area (Å²) in [7, 11) is 0. The highest BCUT2D eigenvalue weighted by Gasteiger charge is 2.70. The van der Waals surface area contributed by atoms with Gasteiger partial charge in [-0.1, -0.05) is 67.0 Å². The molecule has 194 valence electrons. The van der Waals surface area contributed by atoms with Gasteiger partial charge in [0.15, 0.2) is 0 Å². The fourth-order valence-corrected chi connectivity index (χ4v) is 12.3. The summed E-state index contributed by atoms with van der Waals surface area (Å²) in [6, 6.07) is 0. The van der Waals surface area contributed by atoms with Crippen molar-refractivity contribution in [2.75, 3.05) is 6.61 Å². The smallest absolute Gasteiger partial charge is 0.0490 e. The molecular formula is C33H56O. The van der Waals surface area contributed by atoms with Crippen LogP contribution in [0.15, 0.2) is 12.2 Å². The molecule has 11 atom stereocenters. The van der Waals surface area contributed by atoms with E-state index >= 15 is 0 Å². The van der Waals surface area contributed by atoms with E-state index in [0.29, 0.717) is 40.1 Å². The van der Waals surface area contributed by atoms with Crippen LogP contribution in [0.2, 0.25) is 0 Å². The molecule has 0 aliphatic heterocycles. The van der Waals surface area contributed by atoms with Crippen LogP contribution in [0.25, 0.3) is 0 Å².